The summed E-state index contributed by atoms with van der Waals surface area (Å²) >= 11 is 0. The van der Waals surface area contributed by atoms with E-state index in [0.717, 1.165) is 19.3 Å². The molecule has 0 aromatic carbocycles. The molecule has 2 aliphatic heterocycles. The average Bonchev–Trinajstić information content (AvgIpc) is 2.48. The van der Waals surface area contributed by atoms with Crippen LogP contribution in [0.3, 0.4) is 0 Å². The Balaban J connectivity index is 2.11. The van der Waals surface area contributed by atoms with Crippen molar-refractivity contribution in [3.63, 3.8) is 0 Å². The van der Waals surface area contributed by atoms with Gasteiger partial charge in [-0.05, 0) is 12.8 Å². The van der Waals surface area contributed by atoms with Crippen LogP contribution in [0.25, 0.3) is 0 Å². The van der Waals surface area contributed by atoms with Crippen LogP contribution < -0.4 is 5.32 Å². The lowest BCUT2D eigenvalue weighted by molar-refractivity contribution is -0.141. The zero-order chi connectivity index (χ0) is 14.6. The van der Waals surface area contributed by atoms with E-state index in [2.05, 4.69) is 10.1 Å². The maximum atomic E-state index is 12.7. The molecule has 1 unspecified atom stereocenters. The van der Waals surface area contributed by atoms with Crippen LogP contribution in [0.2, 0.25) is 0 Å². The number of ether oxygens (including phenoxy) is 1. The van der Waals surface area contributed by atoms with Crippen molar-refractivity contribution in [2.24, 2.45) is 0 Å². The molecule has 2 saturated heterocycles. The van der Waals surface area contributed by atoms with Crippen LogP contribution in [0.4, 0.5) is 0 Å². The SMILES string of the molecule is COC(=O)CC1CCCCN1S(=O)(=O)N1CCNCC1. The second kappa shape index (κ2) is 6.84. The van der Waals surface area contributed by atoms with E-state index < -0.39 is 10.2 Å². The van der Waals surface area contributed by atoms with Gasteiger partial charge in [-0.25, -0.2) is 0 Å². The first kappa shape index (κ1) is 15.7. The lowest BCUT2D eigenvalue weighted by atomic mass is 10.0. The highest BCUT2D eigenvalue weighted by Crippen LogP contribution is 2.25. The fourth-order valence-corrected chi connectivity index (χ4v) is 4.64. The number of carbonyl (C=O) groups excluding carboxylic acids is 1. The normalized spacial score (nSPS) is 26.4. The monoisotopic (exact) mass is 305 g/mol. The Hall–Kier alpha value is -0.700. The summed E-state index contributed by atoms with van der Waals surface area (Å²) < 4.78 is 33.1. The predicted molar refractivity (Wildman–Crippen MR) is 74.3 cm³/mol. The lowest BCUT2D eigenvalue weighted by Gasteiger charge is -2.38. The summed E-state index contributed by atoms with van der Waals surface area (Å²) in [4.78, 5) is 11.5. The summed E-state index contributed by atoms with van der Waals surface area (Å²) in [5.41, 5.74) is 0. The Morgan fingerprint density at radius 3 is 2.60 bits per heavy atom. The second-order valence-electron chi connectivity index (χ2n) is 5.20. The van der Waals surface area contributed by atoms with Gasteiger partial charge in [0.05, 0.1) is 13.5 Å². The van der Waals surface area contributed by atoms with Crippen LogP contribution in [-0.2, 0) is 19.7 Å². The average molecular weight is 305 g/mol. The summed E-state index contributed by atoms with van der Waals surface area (Å²) in [6, 6.07) is -0.268. The number of nitrogens with zero attached hydrogens (tertiary/aromatic N) is 2. The molecule has 8 heteroatoms. The van der Waals surface area contributed by atoms with Crippen LogP contribution in [0.15, 0.2) is 0 Å². The third kappa shape index (κ3) is 3.49. The zero-order valence-corrected chi connectivity index (χ0v) is 12.7. The third-order valence-electron chi connectivity index (χ3n) is 3.90. The minimum absolute atomic E-state index is 0.141. The molecule has 2 aliphatic rings. The van der Waals surface area contributed by atoms with Gasteiger partial charge in [0.1, 0.15) is 0 Å². The molecule has 0 bridgehead atoms. The largest absolute Gasteiger partial charge is 0.469 e. The summed E-state index contributed by atoms with van der Waals surface area (Å²) in [5.74, 6) is -0.350. The number of nitrogens with one attached hydrogen (secondary N) is 1. The number of methoxy groups -OCH3 is 1. The van der Waals surface area contributed by atoms with Gasteiger partial charge >= 0.3 is 5.97 Å². The Morgan fingerprint density at radius 2 is 1.95 bits per heavy atom. The number of rotatable bonds is 4. The van der Waals surface area contributed by atoms with Crippen LogP contribution in [0, 0.1) is 0 Å². The van der Waals surface area contributed by atoms with E-state index in [1.165, 1.54) is 15.7 Å². The van der Waals surface area contributed by atoms with Crippen molar-refractivity contribution in [1.82, 2.24) is 13.9 Å². The summed E-state index contributed by atoms with van der Waals surface area (Å²) in [7, 11) is -2.14. The van der Waals surface area contributed by atoms with Gasteiger partial charge in [-0.2, -0.15) is 17.0 Å². The van der Waals surface area contributed by atoms with Crippen molar-refractivity contribution in [2.75, 3.05) is 39.8 Å². The van der Waals surface area contributed by atoms with Crippen LogP contribution in [0.5, 0.6) is 0 Å². The fourth-order valence-electron chi connectivity index (χ4n) is 2.78. The molecular weight excluding hydrogens is 282 g/mol. The minimum Gasteiger partial charge on any atom is -0.469 e. The van der Waals surface area contributed by atoms with Crippen molar-refractivity contribution >= 4 is 16.2 Å². The number of hydrogen-bond donors (Lipinski definition) is 1. The number of hydrogen-bond acceptors (Lipinski definition) is 5. The van der Waals surface area contributed by atoms with Crippen molar-refractivity contribution in [1.29, 1.82) is 0 Å². The number of carbonyl (C=O) groups is 1. The molecule has 2 fully saturated rings. The number of piperidine rings is 1. The molecule has 2 heterocycles. The maximum absolute atomic E-state index is 12.7. The van der Waals surface area contributed by atoms with E-state index in [0.29, 0.717) is 32.7 Å². The molecule has 0 aliphatic carbocycles. The molecule has 0 amide bonds. The van der Waals surface area contributed by atoms with Gasteiger partial charge in [-0.1, -0.05) is 6.42 Å². The highest BCUT2D eigenvalue weighted by Gasteiger charge is 2.37. The smallest absolute Gasteiger partial charge is 0.307 e. The highest BCUT2D eigenvalue weighted by atomic mass is 32.2. The van der Waals surface area contributed by atoms with Crippen LogP contribution in [0.1, 0.15) is 25.7 Å². The van der Waals surface area contributed by atoms with Gasteiger partial charge in [0.2, 0.25) is 0 Å². The first-order valence-corrected chi connectivity index (χ1v) is 8.50. The molecule has 0 aromatic rings. The summed E-state index contributed by atoms with van der Waals surface area (Å²) in [6.07, 6.45) is 2.67. The molecule has 20 heavy (non-hydrogen) atoms. The van der Waals surface area contributed by atoms with E-state index in [1.54, 1.807) is 0 Å². The van der Waals surface area contributed by atoms with E-state index >= 15 is 0 Å². The van der Waals surface area contributed by atoms with E-state index in [4.69, 9.17) is 0 Å². The minimum atomic E-state index is -3.47. The van der Waals surface area contributed by atoms with Gasteiger partial charge in [-0.15, -0.1) is 0 Å². The Morgan fingerprint density at radius 1 is 1.25 bits per heavy atom. The molecular formula is C12H23N3O4S. The molecule has 2 rings (SSSR count). The Kier molecular flexibility index (Phi) is 5.36. The van der Waals surface area contributed by atoms with Crippen LogP contribution >= 0.6 is 0 Å². The third-order valence-corrected chi connectivity index (χ3v) is 5.99. The Bertz CT molecular complexity index is 434. The first-order chi connectivity index (χ1) is 9.55. The van der Waals surface area contributed by atoms with Gasteiger partial charge in [0, 0.05) is 38.8 Å². The quantitative estimate of drug-likeness (QED) is 0.712. The summed E-state index contributed by atoms with van der Waals surface area (Å²) in [5, 5.41) is 3.14. The zero-order valence-electron chi connectivity index (χ0n) is 11.9. The van der Waals surface area contributed by atoms with Crippen molar-refractivity contribution in [3.8, 4) is 0 Å². The maximum Gasteiger partial charge on any atom is 0.307 e. The molecule has 0 radical (unpaired) electrons. The molecule has 0 aromatic heterocycles. The van der Waals surface area contributed by atoms with Crippen molar-refractivity contribution in [2.45, 2.75) is 31.7 Å². The van der Waals surface area contributed by atoms with E-state index in [9.17, 15) is 13.2 Å². The number of piperazine rings is 1. The molecule has 7 nitrogen and oxygen atoms in total. The molecule has 1 N–H and O–H groups in total. The fraction of sp³-hybridized carbons (Fsp3) is 0.917. The first-order valence-electron chi connectivity index (χ1n) is 7.10. The topological polar surface area (TPSA) is 79.0 Å². The molecule has 116 valence electrons. The highest BCUT2D eigenvalue weighted by molar-refractivity contribution is 7.86. The molecule has 0 spiro atoms. The van der Waals surface area contributed by atoms with Gasteiger partial charge in [-0.3, -0.25) is 4.79 Å². The number of esters is 1. The molecule has 0 saturated carbocycles. The Labute approximate surface area is 120 Å². The summed E-state index contributed by atoms with van der Waals surface area (Å²) in [6.45, 7) is 2.82. The van der Waals surface area contributed by atoms with E-state index in [1.807, 2.05) is 0 Å². The van der Waals surface area contributed by atoms with Gasteiger partial charge < -0.3 is 10.1 Å². The van der Waals surface area contributed by atoms with Crippen molar-refractivity contribution < 1.29 is 17.9 Å². The standard InChI is InChI=1S/C12H23N3O4S/c1-19-12(16)10-11-4-2-3-7-15(11)20(17,18)14-8-5-13-6-9-14/h11,13H,2-10H2,1H3. The molecule has 1 atom stereocenters. The predicted octanol–water partition coefficient (Wildman–Crippen LogP) is -0.446. The lowest BCUT2D eigenvalue weighted by Crippen LogP contribution is -2.55. The van der Waals surface area contributed by atoms with Crippen molar-refractivity contribution in [3.05, 3.63) is 0 Å². The van der Waals surface area contributed by atoms with E-state index in [-0.39, 0.29) is 18.4 Å². The van der Waals surface area contributed by atoms with Gasteiger partial charge in [0.25, 0.3) is 10.2 Å². The van der Waals surface area contributed by atoms with Gasteiger partial charge in [0.15, 0.2) is 0 Å². The van der Waals surface area contributed by atoms with Crippen LogP contribution in [-0.4, -0.2) is 68.9 Å². The second-order valence-corrected chi connectivity index (χ2v) is 7.08.